The molecule has 0 aromatic carbocycles. The van der Waals surface area contributed by atoms with Crippen LogP contribution in [0.2, 0.25) is 0 Å². The summed E-state index contributed by atoms with van der Waals surface area (Å²) in [6, 6.07) is 0. The molecule has 76 valence electrons. The van der Waals surface area contributed by atoms with E-state index in [0.29, 0.717) is 0 Å². The summed E-state index contributed by atoms with van der Waals surface area (Å²) in [6.45, 7) is 0.105. The van der Waals surface area contributed by atoms with Crippen molar-refractivity contribution in [3.63, 3.8) is 0 Å². The summed E-state index contributed by atoms with van der Waals surface area (Å²) in [7, 11) is 2.67. The second-order valence-corrected chi connectivity index (χ2v) is 2.28. The van der Waals surface area contributed by atoms with Crippen LogP contribution in [-0.2, 0) is 14.3 Å². The lowest BCUT2D eigenvalue weighted by Gasteiger charge is -2.17. The van der Waals surface area contributed by atoms with Gasteiger partial charge in [-0.15, -0.1) is 0 Å². The number of carbonyl (C=O) groups excluding carboxylic acids is 1. The first kappa shape index (κ1) is 11.7. The predicted molar refractivity (Wildman–Crippen MR) is 43.5 cm³/mol. The van der Waals surface area contributed by atoms with E-state index in [0.717, 1.165) is 4.90 Å². The zero-order valence-corrected chi connectivity index (χ0v) is 7.65. The lowest BCUT2D eigenvalue weighted by atomic mass is 10.5. The highest BCUT2D eigenvalue weighted by atomic mass is 16.5. The molecule has 0 fully saturated rings. The van der Waals surface area contributed by atoms with Gasteiger partial charge in [-0.3, -0.25) is 9.69 Å². The van der Waals surface area contributed by atoms with Gasteiger partial charge in [0.15, 0.2) is 0 Å². The van der Waals surface area contributed by atoms with Gasteiger partial charge in [-0.25, -0.2) is 4.79 Å². The minimum Gasteiger partial charge on any atom is -0.480 e. The van der Waals surface area contributed by atoms with Crippen molar-refractivity contribution in [1.82, 2.24) is 4.90 Å². The molecule has 0 saturated carbocycles. The maximum absolute atomic E-state index is 10.9. The molecule has 6 heteroatoms. The molecule has 1 N–H and O–H groups in total. The van der Waals surface area contributed by atoms with Crippen LogP contribution in [0.15, 0.2) is 0 Å². The first-order valence-corrected chi connectivity index (χ1v) is 3.65. The number of carbonyl (C=O) groups is 2. The van der Waals surface area contributed by atoms with Gasteiger partial charge in [-0.05, 0) is 0 Å². The summed E-state index contributed by atoms with van der Waals surface area (Å²) < 4.78 is 9.08. The fourth-order valence-electron chi connectivity index (χ4n) is 0.729. The van der Waals surface area contributed by atoms with Crippen molar-refractivity contribution in [2.45, 2.75) is 0 Å². The normalized spacial score (nSPS) is 9.38. The number of amides is 1. The quantitative estimate of drug-likeness (QED) is 0.650. The van der Waals surface area contributed by atoms with Gasteiger partial charge in [0.25, 0.3) is 0 Å². The molecular weight excluding hydrogens is 178 g/mol. The van der Waals surface area contributed by atoms with Crippen molar-refractivity contribution in [3.8, 4) is 0 Å². The maximum Gasteiger partial charge on any atom is 0.410 e. The van der Waals surface area contributed by atoms with E-state index in [-0.39, 0.29) is 19.7 Å². The number of carboxylic acids is 1. The van der Waals surface area contributed by atoms with Crippen molar-refractivity contribution >= 4 is 12.1 Å². The zero-order chi connectivity index (χ0) is 10.3. The maximum atomic E-state index is 10.9. The minimum atomic E-state index is -1.08. The van der Waals surface area contributed by atoms with E-state index in [4.69, 9.17) is 9.84 Å². The molecule has 0 aliphatic rings. The fourth-order valence-corrected chi connectivity index (χ4v) is 0.729. The lowest BCUT2D eigenvalue weighted by molar-refractivity contribution is -0.138. The van der Waals surface area contributed by atoms with Gasteiger partial charge in [0, 0.05) is 13.7 Å². The molecule has 0 bridgehead atoms. The second kappa shape index (κ2) is 6.24. The van der Waals surface area contributed by atoms with E-state index in [1.165, 1.54) is 14.2 Å². The van der Waals surface area contributed by atoms with Crippen molar-refractivity contribution < 1.29 is 24.2 Å². The van der Waals surface area contributed by atoms with Crippen molar-refractivity contribution in [2.75, 3.05) is 33.9 Å². The second-order valence-electron chi connectivity index (χ2n) is 2.28. The van der Waals surface area contributed by atoms with E-state index in [1.54, 1.807) is 0 Å². The SMILES string of the molecule is COCCN(CC(=O)O)C(=O)OC. The number of nitrogens with zero attached hydrogens (tertiary/aromatic N) is 1. The van der Waals surface area contributed by atoms with Crippen LogP contribution >= 0.6 is 0 Å². The minimum absolute atomic E-state index is 0.204. The molecule has 0 heterocycles. The molecule has 1 amide bonds. The van der Waals surface area contributed by atoms with Gasteiger partial charge in [-0.1, -0.05) is 0 Å². The summed E-state index contributed by atoms with van der Waals surface area (Å²) in [4.78, 5) is 22.3. The van der Waals surface area contributed by atoms with Crippen LogP contribution in [-0.4, -0.2) is 56.0 Å². The molecule has 0 saturated heterocycles. The molecule has 0 aromatic rings. The highest BCUT2D eigenvalue weighted by Gasteiger charge is 2.16. The van der Waals surface area contributed by atoms with Crippen molar-refractivity contribution in [3.05, 3.63) is 0 Å². The molecule has 0 unspecified atom stereocenters. The Labute approximate surface area is 76.0 Å². The van der Waals surface area contributed by atoms with Crippen LogP contribution in [0.1, 0.15) is 0 Å². The van der Waals surface area contributed by atoms with Gasteiger partial charge in [-0.2, -0.15) is 0 Å². The molecule has 0 spiro atoms. The number of hydrogen-bond acceptors (Lipinski definition) is 4. The standard InChI is InChI=1S/C7H13NO5/c1-12-4-3-8(5-6(9)10)7(11)13-2/h3-5H2,1-2H3,(H,9,10). The van der Waals surface area contributed by atoms with Gasteiger partial charge >= 0.3 is 12.1 Å². The van der Waals surface area contributed by atoms with Gasteiger partial charge in [0.05, 0.1) is 13.7 Å². The molecule has 0 aliphatic heterocycles. The lowest BCUT2D eigenvalue weighted by Crippen LogP contribution is -2.37. The monoisotopic (exact) mass is 191 g/mol. The van der Waals surface area contributed by atoms with Gasteiger partial charge < -0.3 is 14.6 Å². The third-order valence-electron chi connectivity index (χ3n) is 1.32. The Kier molecular flexibility index (Phi) is 5.62. The van der Waals surface area contributed by atoms with Crippen LogP contribution in [0.4, 0.5) is 4.79 Å². The van der Waals surface area contributed by atoms with E-state index in [2.05, 4.69) is 4.74 Å². The van der Waals surface area contributed by atoms with Crippen LogP contribution in [0.3, 0.4) is 0 Å². The Hall–Kier alpha value is -1.30. The number of carboxylic acid groups (broad SMARTS) is 1. The highest BCUT2D eigenvalue weighted by Crippen LogP contribution is 1.92. The van der Waals surface area contributed by atoms with E-state index < -0.39 is 12.1 Å². The summed E-state index contributed by atoms with van der Waals surface area (Å²) in [5, 5.41) is 8.44. The molecule has 13 heavy (non-hydrogen) atoms. The third-order valence-corrected chi connectivity index (χ3v) is 1.32. The molecule has 0 aromatic heterocycles. The number of methoxy groups -OCH3 is 2. The van der Waals surface area contributed by atoms with Crippen LogP contribution < -0.4 is 0 Å². The van der Waals surface area contributed by atoms with Crippen LogP contribution in [0, 0.1) is 0 Å². The summed E-state index contributed by atoms with van der Waals surface area (Å²) in [5.41, 5.74) is 0. The Morgan fingerprint density at radius 2 is 2.00 bits per heavy atom. The summed E-state index contributed by atoms with van der Waals surface area (Å²) >= 11 is 0. The first-order chi connectivity index (χ1) is 6.11. The highest BCUT2D eigenvalue weighted by molar-refractivity contribution is 5.76. The average molecular weight is 191 g/mol. The Morgan fingerprint density at radius 1 is 1.38 bits per heavy atom. The topological polar surface area (TPSA) is 76.1 Å². The molecule has 6 nitrogen and oxygen atoms in total. The largest absolute Gasteiger partial charge is 0.480 e. The summed E-state index contributed by atoms with van der Waals surface area (Å²) in [6.07, 6.45) is -0.667. The number of hydrogen-bond donors (Lipinski definition) is 1. The van der Waals surface area contributed by atoms with Crippen LogP contribution in [0.5, 0.6) is 0 Å². The predicted octanol–water partition coefficient (Wildman–Crippen LogP) is -0.214. The molecule has 0 rings (SSSR count). The molecule has 0 radical (unpaired) electrons. The van der Waals surface area contributed by atoms with E-state index in [9.17, 15) is 9.59 Å². The number of rotatable bonds is 5. The van der Waals surface area contributed by atoms with Crippen LogP contribution in [0.25, 0.3) is 0 Å². The van der Waals surface area contributed by atoms with Crippen molar-refractivity contribution in [1.29, 1.82) is 0 Å². The van der Waals surface area contributed by atoms with Gasteiger partial charge in [0.1, 0.15) is 6.54 Å². The number of aliphatic carboxylic acids is 1. The average Bonchev–Trinajstić information content (AvgIpc) is 2.10. The van der Waals surface area contributed by atoms with Gasteiger partial charge in [0.2, 0.25) is 0 Å². The van der Waals surface area contributed by atoms with E-state index >= 15 is 0 Å². The molecule has 0 atom stereocenters. The fraction of sp³-hybridized carbons (Fsp3) is 0.714. The number of ether oxygens (including phenoxy) is 2. The smallest absolute Gasteiger partial charge is 0.410 e. The first-order valence-electron chi connectivity index (χ1n) is 3.65. The molecular formula is C7H13NO5. The third kappa shape index (κ3) is 5.02. The van der Waals surface area contributed by atoms with E-state index in [1.807, 2.05) is 0 Å². The Balaban J connectivity index is 4.02. The molecule has 0 aliphatic carbocycles. The van der Waals surface area contributed by atoms with Crippen molar-refractivity contribution in [2.24, 2.45) is 0 Å². The summed E-state index contributed by atoms with van der Waals surface area (Å²) in [5.74, 6) is -1.08. The Bertz CT molecular complexity index is 182. The Morgan fingerprint density at radius 3 is 2.38 bits per heavy atom. The zero-order valence-electron chi connectivity index (χ0n) is 7.65.